The van der Waals surface area contributed by atoms with Crippen molar-refractivity contribution in [3.8, 4) is 22.7 Å². The topological polar surface area (TPSA) is 110 Å². The molecule has 1 aliphatic carbocycles. The number of aliphatic carboxylic acids is 1. The number of pyridine rings is 1. The van der Waals surface area contributed by atoms with Crippen LogP contribution < -0.4 is 10.1 Å². The van der Waals surface area contributed by atoms with Gasteiger partial charge < -0.3 is 20.1 Å². The van der Waals surface area contributed by atoms with Gasteiger partial charge in [0.1, 0.15) is 17.0 Å². The molecule has 0 radical (unpaired) electrons. The molecule has 0 aliphatic heterocycles. The number of carbonyl (C=O) groups is 2. The maximum Gasteiger partial charge on any atom is 0.329 e. The smallest absolute Gasteiger partial charge is 0.329 e. The first-order chi connectivity index (χ1) is 19.1. The number of ether oxygens (including phenoxy) is 1. The van der Waals surface area contributed by atoms with Crippen molar-refractivity contribution in [3.63, 3.8) is 0 Å². The molecular formula is C30H39Cl2N5O4. The summed E-state index contributed by atoms with van der Waals surface area (Å²) in [6, 6.07) is 10.9. The predicted molar refractivity (Wildman–Crippen MR) is 163 cm³/mol. The van der Waals surface area contributed by atoms with Gasteiger partial charge in [-0.2, -0.15) is 5.10 Å². The summed E-state index contributed by atoms with van der Waals surface area (Å²) in [5.41, 5.74) is 2.65. The zero-order valence-electron chi connectivity index (χ0n) is 24.1. The Balaban J connectivity index is 0.00000462. The lowest BCUT2D eigenvalue weighted by Crippen LogP contribution is -2.55. The number of aryl methyl sites for hydroxylation is 2. The summed E-state index contributed by atoms with van der Waals surface area (Å²) in [5, 5.41) is 17.9. The number of aromatic nitrogens is 3. The minimum absolute atomic E-state index is 0. The monoisotopic (exact) mass is 603 g/mol. The van der Waals surface area contributed by atoms with Crippen LogP contribution in [-0.4, -0.2) is 69.4 Å². The van der Waals surface area contributed by atoms with E-state index in [9.17, 15) is 14.7 Å². The summed E-state index contributed by atoms with van der Waals surface area (Å²) in [6.45, 7) is 5.37. The van der Waals surface area contributed by atoms with Crippen molar-refractivity contribution in [1.82, 2.24) is 25.0 Å². The second-order valence-electron chi connectivity index (χ2n) is 10.7. The maximum atomic E-state index is 13.4. The van der Waals surface area contributed by atoms with Crippen LogP contribution in [0.1, 0.15) is 67.3 Å². The Morgan fingerprint density at radius 3 is 2.54 bits per heavy atom. The molecule has 2 aromatic heterocycles. The summed E-state index contributed by atoms with van der Waals surface area (Å²) in [4.78, 5) is 32.5. The van der Waals surface area contributed by atoms with E-state index in [1.54, 1.807) is 12.1 Å². The first-order valence-electron chi connectivity index (χ1n) is 13.8. The average molecular weight is 605 g/mol. The average Bonchev–Trinajstić information content (AvgIpc) is 3.32. The van der Waals surface area contributed by atoms with Crippen LogP contribution in [0.2, 0.25) is 5.02 Å². The fourth-order valence-electron chi connectivity index (χ4n) is 5.13. The fourth-order valence-corrected chi connectivity index (χ4v) is 5.30. The molecule has 0 atom stereocenters. The summed E-state index contributed by atoms with van der Waals surface area (Å²) >= 11 is 6.48. The van der Waals surface area contributed by atoms with Gasteiger partial charge in [-0.3, -0.25) is 4.79 Å². The van der Waals surface area contributed by atoms with E-state index in [2.05, 4.69) is 17.1 Å². The van der Waals surface area contributed by atoms with E-state index in [1.165, 1.54) is 0 Å². The van der Waals surface area contributed by atoms with Crippen molar-refractivity contribution >= 4 is 35.9 Å². The highest BCUT2D eigenvalue weighted by molar-refractivity contribution is 6.32. The van der Waals surface area contributed by atoms with Gasteiger partial charge in [0, 0.05) is 17.8 Å². The van der Waals surface area contributed by atoms with Crippen molar-refractivity contribution in [3.05, 3.63) is 58.5 Å². The van der Waals surface area contributed by atoms with Crippen molar-refractivity contribution < 1.29 is 19.4 Å². The van der Waals surface area contributed by atoms with E-state index < -0.39 is 17.4 Å². The van der Waals surface area contributed by atoms with Crippen molar-refractivity contribution in [2.45, 2.75) is 64.3 Å². The minimum Gasteiger partial charge on any atom is -0.492 e. The molecule has 0 bridgehead atoms. The molecule has 1 amide bonds. The highest BCUT2D eigenvalue weighted by Gasteiger charge is 2.41. The second kappa shape index (κ2) is 14.2. The fraction of sp³-hybridized carbons (Fsp3) is 0.467. The highest BCUT2D eigenvalue weighted by atomic mass is 35.5. The van der Waals surface area contributed by atoms with Crippen LogP contribution in [0.15, 0.2) is 36.4 Å². The van der Waals surface area contributed by atoms with Gasteiger partial charge in [0.25, 0.3) is 5.91 Å². The van der Waals surface area contributed by atoms with Gasteiger partial charge in [-0.1, -0.05) is 43.9 Å². The van der Waals surface area contributed by atoms with Gasteiger partial charge >= 0.3 is 5.97 Å². The van der Waals surface area contributed by atoms with Crippen LogP contribution in [0, 0.1) is 6.92 Å². The number of hydrogen-bond acceptors (Lipinski definition) is 6. The summed E-state index contributed by atoms with van der Waals surface area (Å²) in [7, 11) is 4.02. The molecule has 2 heterocycles. The lowest BCUT2D eigenvalue weighted by Gasteiger charge is -2.33. The third-order valence-corrected chi connectivity index (χ3v) is 7.60. The molecule has 1 saturated carbocycles. The van der Waals surface area contributed by atoms with Crippen molar-refractivity contribution in [2.24, 2.45) is 0 Å². The standard InChI is InChI=1S/C30H38ClN5O4.ClH/c1-5-22-18-20(2)34-36(22)25-13-12-24(28(37)33-30(29(38)39)14-7-6-8-15-30)32-27(25)21-10-11-23(31)26(19-21)40-17-9-16-35(3)4;/h10-13,18-19H,5-9,14-17H2,1-4H3,(H,33,37)(H,38,39);1H. The molecule has 0 saturated heterocycles. The molecule has 2 N–H and O–H groups in total. The number of carbonyl (C=O) groups excluding carboxylic acids is 1. The Kier molecular flexibility index (Phi) is 11.2. The van der Waals surface area contributed by atoms with Gasteiger partial charge in [0.05, 0.1) is 28.7 Å². The molecule has 11 heteroatoms. The van der Waals surface area contributed by atoms with Gasteiger partial charge in [0.2, 0.25) is 0 Å². The Bertz CT molecular complexity index is 1370. The molecule has 9 nitrogen and oxygen atoms in total. The zero-order chi connectivity index (χ0) is 28.9. The number of carboxylic acid groups (broad SMARTS) is 1. The lowest BCUT2D eigenvalue weighted by molar-refractivity contribution is -0.145. The number of hydrogen-bond donors (Lipinski definition) is 2. The normalized spacial score (nSPS) is 14.4. The minimum atomic E-state index is -1.28. The largest absolute Gasteiger partial charge is 0.492 e. The Hall–Kier alpha value is -3.14. The molecule has 4 rings (SSSR count). The van der Waals surface area contributed by atoms with Crippen LogP contribution in [0.3, 0.4) is 0 Å². The van der Waals surface area contributed by atoms with E-state index >= 15 is 0 Å². The van der Waals surface area contributed by atoms with E-state index in [1.807, 2.05) is 50.0 Å². The van der Waals surface area contributed by atoms with Crippen molar-refractivity contribution in [1.29, 1.82) is 0 Å². The number of amides is 1. The first-order valence-corrected chi connectivity index (χ1v) is 14.2. The van der Waals surface area contributed by atoms with Gasteiger partial charge in [-0.25, -0.2) is 14.5 Å². The molecule has 1 aromatic carbocycles. The SMILES string of the molecule is CCc1cc(C)nn1-c1ccc(C(=O)NC2(C(=O)O)CCCCC2)nc1-c1ccc(Cl)c(OCCCN(C)C)c1.Cl. The zero-order valence-corrected chi connectivity index (χ0v) is 25.6. The Morgan fingerprint density at radius 2 is 1.88 bits per heavy atom. The van der Waals surface area contributed by atoms with E-state index in [4.69, 9.17) is 26.4 Å². The molecule has 1 fully saturated rings. The third kappa shape index (κ3) is 7.58. The van der Waals surface area contributed by atoms with Crippen LogP contribution in [0.4, 0.5) is 0 Å². The molecule has 0 unspecified atom stereocenters. The Morgan fingerprint density at radius 1 is 1.15 bits per heavy atom. The van der Waals surface area contributed by atoms with Gasteiger partial charge in [0.15, 0.2) is 0 Å². The van der Waals surface area contributed by atoms with E-state index in [0.29, 0.717) is 47.2 Å². The first kappa shape index (κ1) is 32.4. The quantitative estimate of drug-likeness (QED) is 0.269. The number of nitrogens with one attached hydrogen (secondary N) is 1. The predicted octanol–water partition coefficient (Wildman–Crippen LogP) is 5.73. The van der Waals surface area contributed by atoms with Crippen molar-refractivity contribution in [2.75, 3.05) is 27.2 Å². The second-order valence-corrected chi connectivity index (χ2v) is 11.1. The number of rotatable bonds is 11. The summed E-state index contributed by atoms with van der Waals surface area (Å²) < 4.78 is 7.85. The van der Waals surface area contributed by atoms with Gasteiger partial charge in [-0.15, -0.1) is 12.4 Å². The van der Waals surface area contributed by atoms with Gasteiger partial charge in [-0.05, 0) is 77.0 Å². The van der Waals surface area contributed by atoms with Crippen LogP contribution >= 0.6 is 24.0 Å². The number of carboxylic acids is 1. The number of halogens is 2. The summed E-state index contributed by atoms with van der Waals surface area (Å²) in [6.07, 6.45) is 4.86. The van der Waals surface area contributed by atoms with Crippen LogP contribution in [0.5, 0.6) is 5.75 Å². The van der Waals surface area contributed by atoms with Crippen LogP contribution in [-0.2, 0) is 11.2 Å². The molecule has 41 heavy (non-hydrogen) atoms. The highest BCUT2D eigenvalue weighted by Crippen LogP contribution is 2.34. The third-order valence-electron chi connectivity index (χ3n) is 7.28. The molecule has 3 aromatic rings. The summed E-state index contributed by atoms with van der Waals surface area (Å²) in [5.74, 6) is -0.996. The molecule has 222 valence electrons. The number of nitrogens with zero attached hydrogens (tertiary/aromatic N) is 4. The maximum absolute atomic E-state index is 13.4. The molecule has 0 spiro atoms. The lowest BCUT2D eigenvalue weighted by atomic mass is 9.81. The molecule has 1 aliphatic rings. The Labute approximate surface area is 252 Å². The molecular weight excluding hydrogens is 565 g/mol. The van der Waals surface area contributed by atoms with Crippen LogP contribution in [0.25, 0.3) is 16.9 Å². The van der Waals surface area contributed by atoms with E-state index in [0.717, 1.165) is 50.0 Å². The van der Waals surface area contributed by atoms with E-state index in [-0.39, 0.29) is 18.1 Å². The number of benzene rings is 1.